The third-order valence-electron chi connectivity index (χ3n) is 2.73. The zero-order chi connectivity index (χ0) is 14.0. The molecule has 0 unspecified atom stereocenters. The maximum Gasteiger partial charge on any atom is 0.292 e. The van der Waals surface area contributed by atoms with E-state index in [0.717, 1.165) is 24.0 Å². The zero-order valence-electron chi connectivity index (χ0n) is 10.6. The molecule has 0 saturated carbocycles. The highest BCUT2D eigenvalue weighted by molar-refractivity contribution is 5.62. The van der Waals surface area contributed by atoms with Crippen LogP contribution >= 0.6 is 0 Å². The molecule has 2 aromatic rings. The Morgan fingerprint density at radius 3 is 2.68 bits per heavy atom. The summed E-state index contributed by atoms with van der Waals surface area (Å²) in [5.74, 6) is 0.916. The van der Waals surface area contributed by atoms with E-state index in [4.69, 9.17) is 4.42 Å². The van der Waals surface area contributed by atoms with Crippen LogP contribution in [0.1, 0.15) is 11.5 Å². The van der Waals surface area contributed by atoms with E-state index in [9.17, 15) is 14.5 Å². The summed E-state index contributed by atoms with van der Waals surface area (Å²) in [4.78, 5) is 12.0. The second-order valence-corrected chi connectivity index (χ2v) is 4.26. The molecule has 2 rings (SSSR count). The Morgan fingerprint density at radius 2 is 2.11 bits per heavy atom. The molecule has 0 bridgehead atoms. The van der Waals surface area contributed by atoms with Crippen molar-refractivity contribution in [1.29, 1.82) is 0 Å². The van der Waals surface area contributed by atoms with E-state index < -0.39 is 10.7 Å². The number of nitrogens with zero attached hydrogens (tertiary/aromatic N) is 2. The first-order chi connectivity index (χ1) is 8.97. The van der Waals surface area contributed by atoms with Crippen molar-refractivity contribution in [2.75, 3.05) is 11.9 Å². The highest BCUT2D eigenvalue weighted by Gasteiger charge is 2.18. The van der Waals surface area contributed by atoms with Gasteiger partial charge in [-0.15, -0.1) is 0 Å². The number of hydrogen-bond acceptors (Lipinski definition) is 4. The lowest BCUT2D eigenvalue weighted by atomic mass is 10.2. The molecule has 6 heteroatoms. The van der Waals surface area contributed by atoms with Crippen molar-refractivity contribution in [3.63, 3.8) is 0 Å². The van der Waals surface area contributed by atoms with Crippen molar-refractivity contribution in [2.45, 2.75) is 13.5 Å². The first kappa shape index (κ1) is 13.1. The van der Waals surface area contributed by atoms with Crippen LogP contribution in [0.15, 0.2) is 34.7 Å². The summed E-state index contributed by atoms with van der Waals surface area (Å²) in [6.45, 7) is 2.15. The average molecular weight is 264 g/mol. The van der Waals surface area contributed by atoms with Gasteiger partial charge in [-0.1, -0.05) is 0 Å². The van der Waals surface area contributed by atoms with Crippen molar-refractivity contribution in [2.24, 2.45) is 0 Å². The molecule has 0 saturated heterocycles. The van der Waals surface area contributed by atoms with Crippen LogP contribution in [0.5, 0.6) is 0 Å². The largest absolute Gasteiger partial charge is 0.464 e. The van der Waals surface area contributed by atoms with Crippen LogP contribution in [-0.2, 0) is 6.54 Å². The summed E-state index contributed by atoms with van der Waals surface area (Å²) in [5.41, 5.74) is 0.0891. The van der Waals surface area contributed by atoms with Crippen LogP contribution in [0.4, 0.5) is 15.8 Å². The molecule has 0 radical (unpaired) electrons. The lowest BCUT2D eigenvalue weighted by Gasteiger charge is -2.17. The number of anilines is 1. The van der Waals surface area contributed by atoms with Gasteiger partial charge in [-0.25, -0.2) is 4.39 Å². The molecule has 0 N–H and O–H groups in total. The number of nitro benzene ring substituents is 1. The van der Waals surface area contributed by atoms with Crippen LogP contribution in [0.25, 0.3) is 0 Å². The van der Waals surface area contributed by atoms with Gasteiger partial charge in [0.2, 0.25) is 0 Å². The first-order valence-corrected chi connectivity index (χ1v) is 5.68. The van der Waals surface area contributed by atoms with E-state index >= 15 is 0 Å². The van der Waals surface area contributed by atoms with Crippen molar-refractivity contribution in [3.8, 4) is 0 Å². The molecule has 0 aliphatic heterocycles. The van der Waals surface area contributed by atoms with Crippen LogP contribution in [-0.4, -0.2) is 12.0 Å². The number of aryl methyl sites for hydroxylation is 1. The third kappa shape index (κ3) is 2.90. The summed E-state index contributed by atoms with van der Waals surface area (Å²) < 4.78 is 18.6. The normalized spacial score (nSPS) is 10.5. The number of benzene rings is 1. The summed E-state index contributed by atoms with van der Waals surface area (Å²) in [6, 6.07) is 6.98. The molecule has 100 valence electrons. The summed E-state index contributed by atoms with van der Waals surface area (Å²) in [5, 5.41) is 10.9. The Bertz CT molecular complexity index is 610. The van der Waals surface area contributed by atoms with Gasteiger partial charge in [0.05, 0.1) is 11.5 Å². The number of hydrogen-bond donors (Lipinski definition) is 0. The Balaban J connectivity index is 2.29. The molecule has 0 aliphatic carbocycles. The van der Waals surface area contributed by atoms with E-state index in [-0.39, 0.29) is 11.4 Å². The van der Waals surface area contributed by atoms with Crippen molar-refractivity contribution in [1.82, 2.24) is 0 Å². The van der Waals surface area contributed by atoms with Gasteiger partial charge in [0.15, 0.2) is 0 Å². The van der Waals surface area contributed by atoms with E-state index in [0.29, 0.717) is 12.3 Å². The Kier molecular flexibility index (Phi) is 3.50. The molecular formula is C13H13FN2O3. The fourth-order valence-electron chi connectivity index (χ4n) is 1.85. The van der Waals surface area contributed by atoms with Gasteiger partial charge >= 0.3 is 0 Å². The molecule has 0 spiro atoms. The van der Waals surface area contributed by atoms with Gasteiger partial charge < -0.3 is 9.32 Å². The molecule has 19 heavy (non-hydrogen) atoms. The molecule has 1 aromatic heterocycles. The predicted octanol–water partition coefficient (Wildman–Crippen LogP) is 3.27. The minimum absolute atomic E-state index is 0.132. The van der Waals surface area contributed by atoms with Gasteiger partial charge in [-0.05, 0) is 25.1 Å². The van der Waals surface area contributed by atoms with Crippen LogP contribution in [0.2, 0.25) is 0 Å². The van der Waals surface area contributed by atoms with Crippen molar-refractivity contribution >= 4 is 11.4 Å². The number of rotatable bonds is 4. The summed E-state index contributed by atoms with van der Waals surface area (Å²) in [6.07, 6.45) is 0. The molecule has 0 atom stereocenters. The first-order valence-electron chi connectivity index (χ1n) is 5.68. The van der Waals surface area contributed by atoms with E-state index in [2.05, 4.69) is 0 Å². The number of halogens is 1. The Morgan fingerprint density at radius 1 is 1.37 bits per heavy atom. The minimum atomic E-state index is -0.529. The minimum Gasteiger partial charge on any atom is -0.464 e. The fourth-order valence-corrected chi connectivity index (χ4v) is 1.85. The van der Waals surface area contributed by atoms with Gasteiger partial charge in [-0.3, -0.25) is 10.1 Å². The standard InChI is InChI=1S/C13H13FN2O3/c1-9-3-5-11(19-9)8-15(2)13-7-10(14)4-6-12(13)16(17)18/h3-7H,8H2,1-2H3. The average Bonchev–Trinajstić information content (AvgIpc) is 2.74. The smallest absolute Gasteiger partial charge is 0.292 e. The SMILES string of the molecule is Cc1ccc(CN(C)c2cc(F)ccc2[N+](=O)[O-])o1. The number of furan rings is 1. The van der Waals surface area contributed by atoms with Gasteiger partial charge in [0.1, 0.15) is 23.0 Å². The summed E-state index contributed by atoms with van der Waals surface area (Å²) in [7, 11) is 1.65. The predicted molar refractivity (Wildman–Crippen MR) is 68.6 cm³/mol. The fraction of sp³-hybridized carbons (Fsp3) is 0.231. The van der Waals surface area contributed by atoms with Crippen LogP contribution in [0, 0.1) is 22.9 Å². The van der Waals surface area contributed by atoms with Gasteiger partial charge in [0, 0.05) is 19.2 Å². The lowest BCUT2D eigenvalue weighted by molar-refractivity contribution is -0.384. The molecule has 1 heterocycles. The zero-order valence-corrected chi connectivity index (χ0v) is 10.6. The maximum absolute atomic E-state index is 13.2. The Hall–Kier alpha value is -2.37. The van der Waals surface area contributed by atoms with E-state index in [1.807, 2.05) is 13.0 Å². The highest BCUT2D eigenvalue weighted by atomic mass is 19.1. The van der Waals surface area contributed by atoms with Crippen LogP contribution in [0.3, 0.4) is 0 Å². The Labute approximate surface area is 109 Å². The monoisotopic (exact) mass is 264 g/mol. The van der Waals surface area contributed by atoms with Crippen LogP contribution < -0.4 is 4.90 Å². The summed E-state index contributed by atoms with van der Waals surface area (Å²) >= 11 is 0. The second-order valence-electron chi connectivity index (χ2n) is 4.26. The second kappa shape index (κ2) is 5.09. The molecule has 0 fully saturated rings. The van der Waals surface area contributed by atoms with Crippen molar-refractivity contribution < 1.29 is 13.7 Å². The molecule has 1 aromatic carbocycles. The van der Waals surface area contributed by atoms with Crippen molar-refractivity contribution in [3.05, 3.63) is 57.8 Å². The molecule has 5 nitrogen and oxygen atoms in total. The van der Waals surface area contributed by atoms with Gasteiger partial charge in [-0.2, -0.15) is 0 Å². The quantitative estimate of drug-likeness (QED) is 0.628. The molecule has 0 amide bonds. The van der Waals surface area contributed by atoms with E-state index in [1.54, 1.807) is 18.0 Å². The van der Waals surface area contributed by atoms with Gasteiger partial charge in [0.25, 0.3) is 5.69 Å². The maximum atomic E-state index is 13.2. The third-order valence-corrected chi connectivity index (χ3v) is 2.73. The van der Waals surface area contributed by atoms with E-state index in [1.165, 1.54) is 0 Å². The molecule has 0 aliphatic rings. The topological polar surface area (TPSA) is 59.5 Å². The lowest BCUT2D eigenvalue weighted by Crippen LogP contribution is -2.17. The molecular weight excluding hydrogens is 251 g/mol. The highest BCUT2D eigenvalue weighted by Crippen LogP contribution is 2.29. The number of nitro groups is 1.